The van der Waals surface area contributed by atoms with Gasteiger partial charge in [-0.05, 0) is 52.9 Å². The number of carbonyl (C=O) groups excluding carboxylic acids is 2. The van der Waals surface area contributed by atoms with E-state index in [0.29, 0.717) is 5.69 Å². The molecule has 2 aromatic carbocycles. The van der Waals surface area contributed by atoms with Crippen LogP contribution in [0.1, 0.15) is 11.1 Å². The van der Waals surface area contributed by atoms with E-state index in [9.17, 15) is 9.59 Å². The van der Waals surface area contributed by atoms with Crippen molar-refractivity contribution in [3.05, 3.63) is 64.1 Å². The molecule has 1 heterocycles. The molecule has 0 aromatic heterocycles. The lowest BCUT2D eigenvalue weighted by Gasteiger charge is -2.15. The van der Waals surface area contributed by atoms with E-state index >= 15 is 0 Å². The van der Waals surface area contributed by atoms with Gasteiger partial charge in [-0.1, -0.05) is 28.1 Å². The minimum absolute atomic E-state index is 0.279. The number of carbonyl (C=O) groups is 2. The number of rotatable bonds is 1. The summed E-state index contributed by atoms with van der Waals surface area (Å²) < 4.78 is 1.06. The van der Waals surface area contributed by atoms with Crippen LogP contribution in [0.3, 0.4) is 0 Å². The second-order valence-corrected chi connectivity index (χ2v) is 6.08. The third kappa shape index (κ3) is 1.87. The first-order valence-electron chi connectivity index (χ1n) is 6.61. The fourth-order valence-electron chi connectivity index (χ4n) is 2.96. The van der Waals surface area contributed by atoms with Crippen molar-refractivity contribution < 1.29 is 9.59 Å². The lowest BCUT2D eigenvalue weighted by molar-refractivity contribution is -0.119. The van der Waals surface area contributed by atoms with Gasteiger partial charge < -0.3 is 0 Å². The summed E-state index contributed by atoms with van der Waals surface area (Å²) in [6.45, 7) is 0. The molecule has 2 aliphatic rings. The van der Waals surface area contributed by atoms with Gasteiger partial charge in [0, 0.05) is 16.6 Å². The zero-order valence-corrected chi connectivity index (χ0v) is 12.6. The molecule has 1 aliphatic carbocycles. The zero-order valence-electron chi connectivity index (χ0n) is 11.0. The van der Waals surface area contributed by atoms with Gasteiger partial charge >= 0.3 is 0 Å². The number of hydrogen-bond donors (Lipinski definition) is 0. The molecule has 0 saturated heterocycles. The van der Waals surface area contributed by atoms with Crippen LogP contribution in [0.2, 0.25) is 0 Å². The molecular weight excluding hydrogens is 330 g/mol. The fourth-order valence-corrected chi connectivity index (χ4v) is 3.37. The Morgan fingerprint density at radius 1 is 0.857 bits per heavy atom. The Balaban J connectivity index is 1.78. The van der Waals surface area contributed by atoms with Gasteiger partial charge in [0.2, 0.25) is 0 Å². The number of amides is 2. The molecule has 0 radical (unpaired) electrons. The molecule has 0 bridgehead atoms. The van der Waals surface area contributed by atoms with Crippen LogP contribution in [0.5, 0.6) is 0 Å². The van der Waals surface area contributed by atoms with E-state index in [4.69, 9.17) is 0 Å². The minimum atomic E-state index is -0.279. The maximum absolute atomic E-state index is 11.8. The van der Waals surface area contributed by atoms with Crippen molar-refractivity contribution in [2.45, 2.75) is 6.42 Å². The van der Waals surface area contributed by atoms with E-state index in [0.717, 1.165) is 16.5 Å². The van der Waals surface area contributed by atoms with Gasteiger partial charge in [-0.2, -0.15) is 0 Å². The van der Waals surface area contributed by atoms with Gasteiger partial charge in [-0.15, -0.1) is 0 Å². The molecule has 0 unspecified atom stereocenters. The standard InChI is InChI=1S/C17H10BrNO2/c18-12-1-3-14-10(8-12)7-11-9-13(2-4-15(11)14)19-16(20)5-6-17(19)21/h1-6,8-9H,7H2. The SMILES string of the molecule is O=C1C=CC(=O)N1c1ccc2c(c1)Cc1cc(Br)ccc1-2. The highest BCUT2D eigenvalue weighted by atomic mass is 79.9. The normalized spacial score (nSPS) is 15.6. The molecule has 102 valence electrons. The number of benzene rings is 2. The highest BCUT2D eigenvalue weighted by molar-refractivity contribution is 9.10. The number of halogens is 1. The summed E-state index contributed by atoms with van der Waals surface area (Å²) >= 11 is 3.49. The van der Waals surface area contributed by atoms with Crippen LogP contribution in [0.15, 0.2) is 53.0 Å². The third-order valence-electron chi connectivity index (χ3n) is 3.89. The Labute approximate surface area is 130 Å². The van der Waals surface area contributed by atoms with Crippen LogP contribution < -0.4 is 4.90 Å². The van der Waals surface area contributed by atoms with Crippen LogP contribution in [-0.4, -0.2) is 11.8 Å². The largest absolute Gasteiger partial charge is 0.269 e. The summed E-state index contributed by atoms with van der Waals surface area (Å²) in [6.07, 6.45) is 3.43. The summed E-state index contributed by atoms with van der Waals surface area (Å²) in [4.78, 5) is 24.7. The molecule has 4 rings (SSSR count). The second kappa shape index (κ2) is 4.40. The maximum atomic E-state index is 11.8. The molecule has 0 fully saturated rings. The van der Waals surface area contributed by atoms with Gasteiger partial charge in [0.05, 0.1) is 5.69 Å². The third-order valence-corrected chi connectivity index (χ3v) is 4.39. The van der Waals surface area contributed by atoms with E-state index < -0.39 is 0 Å². The molecule has 3 nitrogen and oxygen atoms in total. The Hall–Kier alpha value is -2.20. The number of fused-ring (bicyclic) bond motifs is 3. The van der Waals surface area contributed by atoms with Crippen molar-refractivity contribution in [2.24, 2.45) is 0 Å². The monoisotopic (exact) mass is 339 g/mol. The minimum Gasteiger partial charge on any atom is -0.269 e. The molecular formula is C17H10BrNO2. The first-order valence-corrected chi connectivity index (χ1v) is 7.40. The molecule has 4 heteroatoms. The summed E-state index contributed by atoms with van der Waals surface area (Å²) in [7, 11) is 0. The van der Waals surface area contributed by atoms with E-state index in [-0.39, 0.29) is 11.8 Å². The molecule has 2 amide bonds. The van der Waals surface area contributed by atoms with Crippen molar-refractivity contribution >= 4 is 33.4 Å². The van der Waals surface area contributed by atoms with Crippen LogP contribution in [0.25, 0.3) is 11.1 Å². The first-order chi connectivity index (χ1) is 10.1. The summed E-state index contributed by atoms with van der Waals surface area (Å²) in [6, 6.07) is 12.0. The van der Waals surface area contributed by atoms with Crippen LogP contribution >= 0.6 is 15.9 Å². The molecule has 0 atom stereocenters. The lowest BCUT2D eigenvalue weighted by Crippen LogP contribution is -2.29. The van der Waals surface area contributed by atoms with E-state index in [1.54, 1.807) is 0 Å². The van der Waals surface area contributed by atoms with Gasteiger partial charge in [-0.3, -0.25) is 9.59 Å². The van der Waals surface area contributed by atoms with Crippen LogP contribution in [-0.2, 0) is 16.0 Å². The molecule has 1 aliphatic heterocycles. The molecule has 0 saturated carbocycles. The molecule has 0 spiro atoms. The Bertz CT molecular complexity index is 821. The highest BCUT2D eigenvalue weighted by Gasteiger charge is 2.27. The topological polar surface area (TPSA) is 37.4 Å². The Morgan fingerprint density at radius 2 is 1.48 bits per heavy atom. The summed E-state index contributed by atoms with van der Waals surface area (Å²) in [5, 5.41) is 0. The first kappa shape index (κ1) is 12.5. The number of anilines is 1. The fraction of sp³-hybridized carbons (Fsp3) is 0.0588. The van der Waals surface area contributed by atoms with E-state index in [2.05, 4.69) is 28.1 Å². The smallest absolute Gasteiger partial charge is 0.258 e. The van der Waals surface area contributed by atoms with E-state index in [1.807, 2.05) is 24.3 Å². The molecule has 2 aromatic rings. The summed E-state index contributed by atoms with van der Waals surface area (Å²) in [5.41, 5.74) is 5.44. The Morgan fingerprint density at radius 3 is 2.19 bits per heavy atom. The maximum Gasteiger partial charge on any atom is 0.258 e. The molecule has 0 N–H and O–H groups in total. The van der Waals surface area contributed by atoms with Crippen molar-refractivity contribution in [3.8, 4) is 11.1 Å². The van der Waals surface area contributed by atoms with Crippen molar-refractivity contribution in [1.82, 2.24) is 0 Å². The number of nitrogens with zero attached hydrogens (tertiary/aromatic N) is 1. The highest BCUT2D eigenvalue weighted by Crippen LogP contribution is 2.39. The van der Waals surface area contributed by atoms with Gasteiger partial charge in [0.1, 0.15) is 0 Å². The average molecular weight is 340 g/mol. The van der Waals surface area contributed by atoms with Crippen molar-refractivity contribution in [2.75, 3.05) is 4.90 Å². The van der Waals surface area contributed by atoms with Gasteiger partial charge in [0.25, 0.3) is 11.8 Å². The zero-order chi connectivity index (χ0) is 14.6. The van der Waals surface area contributed by atoms with Gasteiger partial charge in [0.15, 0.2) is 0 Å². The van der Waals surface area contributed by atoms with Crippen molar-refractivity contribution in [1.29, 1.82) is 0 Å². The molecule has 21 heavy (non-hydrogen) atoms. The lowest BCUT2D eigenvalue weighted by atomic mass is 10.1. The number of imide groups is 1. The number of hydrogen-bond acceptors (Lipinski definition) is 2. The summed E-state index contributed by atoms with van der Waals surface area (Å²) in [5.74, 6) is -0.559. The predicted molar refractivity (Wildman–Crippen MR) is 84.0 cm³/mol. The van der Waals surface area contributed by atoms with Gasteiger partial charge in [-0.25, -0.2) is 4.90 Å². The predicted octanol–water partition coefficient (Wildman–Crippen LogP) is 3.45. The Kier molecular flexibility index (Phi) is 2.62. The quantitative estimate of drug-likeness (QED) is 0.637. The van der Waals surface area contributed by atoms with Crippen LogP contribution in [0, 0.1) is 0 Å². The van der Waals surface area contributed by atoms with E-state index in [1.165, 1.54) is 33.7 Å². The average Bonchev–Trinajstić information content (AvgIpc) is 2.97. The second-order valence-electron chi connectivity index (χ2n) is 5.16. The van der Waals surface area contributed by atoms with Crippen LogP contribution in [0.4, 0.5) is 5.69 Å². The van der Waals surface area contributed by atoms with Crippen molar-refractivity contribution in [3.63, 3.8) is 0 Å².